The Labute approximate surface area is 96.6 Å². The third kappa shape index (κ3) is 1.35. The normalized spacial score (nSPS) is 10.8. The number of anilines is 1. The van der Waals surface area contributed by atoms with Gasteiger partial charge in [-0.1, -0.05) is 0 Å². The Kier molecular flexibility index (Phi) is 2.08. The zero-order valence-corrected chi connectivity index (χ0v) is 9.24. The summed E-state index contributed by atoms with van der Waals surface area (Å²) in [6, 6.07) is 5.95. The lowest BCUT2D eigenvalue weighted by molar-refractivity contribution is 1.33. The maximum Gasteiger partial charge on any atom is 0.132 e. The van der Waals surface area contributed by atoms with Crippen molar-refractivity contribution < 1.29 is 0 Å². The van der Waals surface area contributed by atoms with E-state index in [0.717, 1.165) is 16.5 Å². The highest BCUT2D eigenvalue weighted by Crippen LogP contribution is 2.35. The van der Waals surface area contributed by atoms with E-state index in [0.29, 0.717) is 5.82 Å². The predicted octanol–water partition coefficient (Wildman–Crippen LogP) is 2.94. The largest absolute Gasteiger partial charge is 0.383 e. The third-order valence-corrected chi connectivity index (χ3v) is 3.45. The fraction of sp³-hybridized carbons (Fsp3) is 0. The van der Waals surface area contributed by atoms with Crippen LogP contribution in [0.5, 0.6) is 0 Å². The lowest BCUT2D eigenvalue weighted by Gasteiger charge is -2.00. The second kappa shape index (κ2) is 3.57. The molecule has 0 atom stereocenters. The predicted molar refractivity (Wildman–Crippen MR) is 67.3 cm³/mol. The number of nitrogen functional groups attached to an aromatic ring is 1. The molecule has 0 aliphatic carbocycles. The van der Waals surface area contributed by atoms with Crippen LogP contribution in [0.25, 0.3) is 21.2 Å². The van der Waals surface area contributed by atoms with E-state index in [4.69, 9.17) is 5.73 Å². The summed E-state index contributed by atoms with van der Waals surface area (Å²) >= 11 is 1.68. The molecule has 0 unspecified atom stereocenters. The zero-order valence-electron chi connectivity index (χ0n) is 8.42. The molecule has 78 valence electrons. The van der Waals surface area contributed by atoms with Crippen molar-refractivity contribution in [3.05, 3.63) is 42.2 Å². The summed E-state index contributed by atoms with van der Waals surface area (Å²) in [5, 5.41) is 3.15. The van der Waals surface area contributed by atoms with Crippen LogP contribution in [-0.4, -0.2) is 9.97 Å². The van der Waals surface area contributed by atoms with Gasteiger partial charge in [-0.2, -0.15) is 0 Å². The molecule has 0 fully saturated rings. The summed E-state index contributed by atoms with van der Waals surface area (Å²) in [5.41, 5.74) is 8.18. The van der Waals surface area contributed by atoms with Crippen LogP contribution in [0.2, 0.25) is 0 Å². The van der Waals surface area contributed by atoms with E-state index >= 15 is 0 Å². The zero-order chi connectivity index (χ0) is 11.0. The van der Waals surface area contributed by atoms with Crippen molar-refractivity contribution in [1.82, 2.24) is 9.97 Å². The van der Waals surface area contributed by atoms with Crippen LogP contribution in [0.4, 0.5) is 5.82 Å². The van der Waals surface area contributed by atoms with Crippen LogP contribution >= 0.6 is 11.3 Å². The summed E-state index contributed by atoms with van der Waals surface area (Å²) in [4.78, 5) is 8.15. The molecule has 3 heterocycles. The average molecular weight is 227 g/mol. The molecular weight excluding hydrogens is 218 g/mol. The minimum atomic E-state index is 0.588. The molecule has 0 spiro atoms. The molecule has 3 aromatic rings. The van der Waals surface area contributed by atoms with Crippen molar-refractivity contribution in [2.45, 2.75) is 0 Å². The van der Waals surface area contributed by atoms with Gasteiger partial charge in [-0.05, 0) is 29.1 Å². The Morgan fingerprint density at radius 2 is 1.88 bits per heavy atom. The van der Waals surface area contributed by atoms with E-state index in [1.165, 1.54) is 4.70 Å². The van der Waals surface area contributed by atoms with E-state index in [1.54, 1.807) is 29.9 Å². The summed E-state index contributed by atoms with van der Waals surface area (Å²) < 4.78 is 1.17. The first-order chi connectivity index (χ1) is 7.86. The second-order valence-corrected chi connectivity index (χ2v) is 4.37. The highest BCUT2D eigenvalue weighted by Gasteiger charge is 2.09. The second-order valence-electron chi connectivity index (χ2n) is 3.45. The van der Waals surface area contributed by atoms with Gasteiger partial charge in [0.05, 0.1) is 0 Å². The molecule has 0 radical (unpaired) electrons. The molecular formula is C12H9N3S. The number of rotatable bonds is 1. The van der Waals surface area contributed by atoms with Gasteiger partial charge in [0.15, 0.2) is 0 Å². The summed E-state index contributed by atoms with van der Waals surface area (Å²) in [6.07, 6.45) is 5.31. The third-order valence-electron chi connectivity index (χ3n) is 2.51. The Morgan fingerprint density at radius 1 is 1.06 bits per heavy atom. The number of nitrogens with zero attached hydrogens (tertiary/aromatic N) is 2. The maximum absolute atomic E-state index is 5.92. The van der Waals surface area contributed by atoms with Gasteiger partial charge < -0.3 is 5.73 Å². The van der Waals surface area contributed by atoms with Crippen LogP contribution < -0.4 is 5.73 Å². The van der Waals surface area contributed by atoms with E-state index in [9.17, 15) is 0 Å². The molecule has 0 saturated heterocycles. The molecule has 0 amide bonds. The van der Waals surface area contributed by atoms with Crippen LogP contribution in [0.15, 0.2) is 42.2 Å². The fourth-order valence-electron chi connectivity index (χ4n) is 1.75. The van der Waals surface area contributed by atoms with Crippen molar-refractivity contribution in [3.8, 4) is 11.1 Å². The topological polar surface area (TPSA) is 51.8 Å². The molecule has 0 saturated carbocycles. The van der Waals surface area contributed by atoms with Crippen LogP contribution in [0.1, 0.15) is 0 Å². The van der Waals surface area contributed by atoms with E-state index in [1.807, 2.05) is 18.2 Å². The summed E-state index contributed by atoms with van der Waals surface area (Å²) in [5.74, 6) is 0.588. The molecule has 0 aliphatic rings. The molecule has 3 rings (SSSR count). The van der Waals surface area contributed by atoms with Crippen molar-refractivity contribution in [2.24, 2.45) is 0 Å². The van der Waals surface area contributed by atoms with Gasteiger partial charge in [0.25, 0.3) is 0 Å². The first-order valence-electron chi connectivity index (χ1n) is 4.88. The SMILES string of the molecule is Nc1nccc2scc(-c3ccncc3)c12. The number of nitrogens with two attached hydrogens (primary N) is 1. The highest BCUT2D eigenvalue weighted by atomic mass is 32.1. The van der Waals surface area contributed by atoms with Gasteiger partial charge in [-0.25, -0.2) is 4.98 Å². The first kappa shape index (κ1) is 9.30. The Morgan fingerprint density at radius 3 is 2.69 bits per heavy atom. The maximum atomic E-state index is 5.92. The van der Waals surface area contributed by atoms with Crippen molar-refractivity contribution in [3.63, 3.8) is 0 Å². The number of hydrogen-bond acceptors (Lipinski definition) is 4. The van der Waals surface area contributed by atoms with Crippen molar-refractivity contribution in [1.29, 1.82) is 0 Å². The standard InChI is InChI=1S/C12H9N3S/c13-12-11-9(8-1-4-14-5-2-8)7-16-10(11)3-6-15-12/h1-7H,(H2,13,15). The summed E-state index contributed by atoms with van der Waals surface area (Å²) in [6.45, 7) is 0. The highest BCUT2D eigenvalue weighted by molar-refractivity contribution is 7.17. The lowest BCUT2D eigenvalue weighted by atomic mass is 10.1. The number of hydrogen-bond donors (Lipinski definition) is 1. The Hall–Kier alpha value is -1.94. The van der Waals surface area contributed by atoms with Gasteiger partial charge in [-0.15, -0.1) is 11.3 Å². The van der Waals surface area contributed by atoms with Gasteiger partial charge in [0, 0.05) is 34.2 Å². The van der Waals surface area contributed by atoms with Crippen LogP contribution in [0, 0.1) is 0 Å². The van der Waals surface area contributed by atoms with E-state index in [-0.39, 0.29) is 0 Å². The van der Waals surface area contributed by atoms with Crippen molar-refractivity contribution >= 4 is 27.2 Å². The van der Waals surface area contributed by atoms with Crippen molar-refractivity contribution in [2.75, 3.05) is 5.73 Å². The Balaban J connectivity index is 2.33. The molecule has 0 bridgehead atoms. The summed E-state index contributed by atoms with van der Waals surface area (Å²) in [7, 11) is 0. The van der Waals surface area contributed by atoms with Gasteiger partial charge in [-0.3, -0.25) is 4.98 Å². The number of thiophene rings is 1. The van der Waals surface area contributed by atoms with Gasteiger partial charge in [0.1, 0.15) is 5.82 Å². The van der Waals surface area contributed by atoms with E-state index in [2.05, 4.69) is 15.3 Å². The van der Waals surface area contributed by atoms with Gasteiger partial charge >= 0.3 is 0 Å². The minimum Gasteiger partial charge on any atom is -0.383 e. The van der Waals surface area contributed by atoms with Crippen LogP contribution in [-0.2, 0) is 0 Å². The number of aromatic nitrogens is 2. The molecule has 0 aromatic carbocycles. The number of fused-ring (bicyclic) bond motifs is 1. The average Bonchev–Trinajstić information content (AvgIpc) is 2.75. The molecule has 0 aliphatic heterocycles. The van der Waals surface area contributed by atoms with E-state index < -0.39 is 0 Å². The lowest BCUT2D eigenvalue weighted by Crippen LogP contribution is -1.89. The fourth-order valence-corrected chi connectivity index (χ4v) is 2.72. The quantitative estimate of drug-likeness (QED) is 0.695. The Bertz CT molecular complexity index is 631. The molecule has 3 nitrogen and oxygen atoms in total. The minimum absolute atomic E-state index is 0.588. The molecule has 16 heavy (non-hydrogen) atoms. The first-order valence-corrected chi connectivity index (χ1v) is 5.76. The molecule has 3 aromatic heterocycles. The monoisotopic (exact) mass is 227 g/mol. The smallest absolute Gasteiger partial charge is 0.132 e. The number of pyridine rings is 2. The molecule has 2 N–H and O–H groups in total. The van der Waals surface area contributed by atoms with Gasteiger partial charge in [0.2, 0.25) is 0 Å². The van der Waals surface area contributed by atoms with Crippen LogP contribution in [0.3, 0.4) is 0 Å². The molecule has 4 heteroatoms.